The normalized spacial score (nSPS) is 15.6. The Morgan fingerprint density at radius 2 is 1.95 bits per heavy atom. The van der Waals surface area contributed by atoms with Crippen molar-refractivity contribution in [1.29, 1.82) is 0 Å². The molecule has 0 bridgehead atoms. The van der Waals surface area contributed by atoms with Gasteiger partial charge in [-0.2, -0.15) is 0 Å². The van der Waals surface area contributed by atoms with Crippen LogP contribution in [-0.4, -0.2) is 61.4 Å². The lowest BCUT2D eigenvalue weighted by Gasteiger charge is -2.33. The van der Waals surface area contributed by atoms with Crippen LogP contribution in [0.4, 0.5) is 5.69 Å². The second-order valence-electron chi connectivity index (χ2n) is 4.91. The average Bonchev–Trinajstić information content (AvgIpc) is 2.54. The minimum absolute atomic E-state index is 0.478. The first-order chi connectivity index (χ1) is 10.1. The number of carbonyl (C=O) groups excluding carboxylic acids is 2. The number of likely N-dealkylation sites (N-methyl/N-ethyl adjacent to an activating group) is 1. The minimum Gasteiger partial charge on any atom is -0.497 e. The minimum atomic E-state index is -0.604. The summed E-state index contributed by atoms with van der Waals surface area (Å²) in [6.07, 6.45) is 0. The molecule has 1 aliphatic rings. The summed E-state index contributed by atoms with van der Waals surface area (Å²) in [6, 6.07) is 6.95. The van der Waals surface area contributed by atoms with Gasteiger partial charge >= 0.3 is 11.8 Å². The molecule has 1 aromatic carbocycles. The zero-order valence-corrected chi connectivity index (χ0v) is 12.5. The van der Waals surface area contributed by atoms with Crippen LogP contribution in [0.25, 0.3) is 0 Å². The molecule has 1 heterocycles. The number of hydrogen-bond donors (Lipinski definition) is 1. The molecule has 6 heteroatoms. The third-order valence-corrected chi connectivity index (χ3v) is 3.63. The van der Waals surface area contributed by atoms with Gasteiger partial charge in [0.25, 0.3) is 0 Å². The molecule has 0 saturated carbocycles. The van der Waals surface area contributed by atoms with Crippen LogP contribution in [0.1, 0.15) is 6.92 Å². The van der Waals surface area contributed by atoms with Crippen molar-refractivity contribution in [2.75, 3.05) is 45.2 Å². The molecule has 1 N–H and O–H groups in total. The highest BCUT2D eigenvalue weighted by Crippen LogP contribution is 2.16. The van der Waals surface area contributed by atoms with Gasteiger partial charge in [0.1, 0.15) is 5.75 Å². The number of piperazine rings is 1. The van der Waals surface area contributed by atoms with Gasteiger partial charge < -0.3 is 19.9 Å². The van der Waals surface area contributed by atoms with Crippen LogP contribution in [0.3, 0.4) is 0 Å². The highest BCUT2D eigenvalue weighted by molar-refractivity contribution is 6.39. The first-order valence-corrected chi connectivity index (χ1v) is 7.10. The largest absolute Gasteiger partial charge is 0.497 e. The highest BCUT2D eigenvalue weighted by atomic mass is 16.5. The lowest BCUT2D eigenvalue weighted by atomic mass is 10.2. The Hall–Kier alpha value is -2.08. The number of amides is 2. The summed E-state index contributed by atoms with van der Waals surface area (Å²) < 4.78 is 5.09. The molecule has 21 heavy (non-hydrogen) atoms. The molecule has 114 valence electrons. The fourth-order valence-electron chi connectivity index (χ4n) is 2.30. The van der Waals surface area contributed by atoms with Crippen LogP contribution >= 0.6 is 0 Å². The molecule has 1 aliphatic heterocycles. The molecule has 1 fully saturated rings. The Labute approximate surface area is 124 Å². The molecule has 0 atom stereocenters. The first kappa shape index (κ1) is 15.3. The van der Waals surface area contributed by atoms with E-state index < -0.39 is 11.8 Å². The summed E-state index contributed by atoms with van der Waals surface area (Å²) in [5.41, 5.74) is 0.555. The number of ether oxygens (including phenoxy) is 1. The van der Waals surface area contributed by atoms with E-state index >= 15 is 0 Å². The van der Waals surface area contributed by atoms with Crippen molar-refractivity contribution < 1.29 is 14.3 Å². The molecule has 1 saturated heterocycles. The maximum Gasteiger partial charge on any atom is 0.313 e. The molecule has 0 unspecified atom stereocenters. The molecule has 2 amide bonds. The van der Waals surface area contributed by atoms with Gasteiger partial charge in [0.2, 0.25) is 0 Å². The second kappa shape index (κ2) is 7.08. The number of anilines is 1. The van der Waals surface area contributed by atoms with Crippen molar-refractivity contribution in [2.45, 2.75) is 6.92 Å². The molecular formula is C15H21N3O3. The van der Waals surface area contributed by atoms with Crippen LogP contribution in [0.15, 0.2) is 24.3 Å². The number of benzene rings is 1. The molecule has 2 rings (SSSR count). The van der Waals surface area contributed by atoms with Crippen molar-refractivity contribution in [3.05, 3.63) is 24.3 Å². The number of rotatable bonds is 3. The Kier molecular flexibility index (Phi) is 5.16. The zero-order chi connectivity index (χ0) is 15.2. The fraction of sp³-hybridized carbons (Fsp3) is 0.467. The van der Waals surface area contributed by atoms with Crippen molar-refractivity contribution in [3.8, 4) is 5.75 Å². The summed E-state index contributed by atoms with van der Waals surface area (Å²) >= 11 is 0. The van der Waals surface area contributed by atoms with Crippen molar-refractivity contribution in [1.82, 2.24) is 9.80 Å². The van der Waals surface area contributed by atoms with Gasteiger partial charge in [-0.3, -0.25) is 9.59 Å². The summed E-state index contributed by atoms with van der Waals surface area (Å²) in [7, 11) is 1.55. The predicted octanol–water partition coefficient (Wildman–Crippen LogP) is 0.798. The lowest BCUT2D eigenvalue weighted by molar-refractivity contribution is -0.144. The Balaban J connectivity index is 1.92. The summed E-state index contributed by atoms with van der Waals surface area (Å²) in [4.78, 5) is 28.0. The maximum atomic E-state index is 12.1. The first-order valence-electron chi connectivity index (χ1n) is 7.10. The molecule has 0 radical (unpaired) electrons. The summed E-state index contributed by atoms with van der Waals surface area (Å²) in [5, 5.41) is 2.62. The van der Waals surface area contributed by atoms with Crippen LogP contribution in [0.2, 0.25) is 0 Å². The second-order valence-corrected chi connectivity index (χ2v) is 4.91. The molecule has 6 nitrogen and oxygen atoms in total. The van der Waals surface area contributed by atoms with Crippen LogP contribution in [-0.2, 0) is 9.59 Å². The predicted molar refractivity (Wildman–Crippen MR) is 80.3 cm³/mol. The van der Waals surface area contributed by atoms with E-state index in [0.29, 0.717) is 24.5 Å². The smallest absolute Gasteiger partial charge is 0.313 e. The fourth-order valence-corrected chi connectivity index (χ4v) is 2.30. The van der Waals surface area contributed by atoms with E-state index in [0.717, 1.165) is 19.6 Å². The number of methoxy groups -OCH3 is 1. The molecular weight excluding hydrogens is 270 g/mol. The van der Waals surface area contributed by atoms with E-state index in [1.54, 1.807) is 36.3 Å². The Morgan fingerprint density at radius 3 is 2.57 bits per heavy atom. The summed E-state index contributed by atoms with van der Waals surface area (Å²) in [6.45, 7) is 5.88. The third kappa shape index (κ3) is 3.95. The van der Waals surface area contributed by atoms with Crippen LogP contribution < -0.4 is 10.1 Å². The number of nitrogens with one attached hydrogen (secondary N) is 1. The Bertz CT molecular complexity index is 511. The third-order valence-electron chi connectivity index (χ3n) is 3.63. The molecule has 0 spiro atoms. The SMILES string of the molecule is CCN1CCN(C(=O)C(=O)Nc2cccc(OC)c2)CC1. The van der Waals surface area contributed by atoms with Crippen LogP contribution in [0, 0.1) is 0 Å². The molecule has 0 aromatic heterocycles. The lowest BCUT2D eigenvalue weighted by Crippen LogP contribution is -2.51. The van der Waals surface area contributed by atoms with Gasteiger partial charge in [-0.1, -0.05) is 13.0 Å². The topological polar surface area (TPSA) is 61.9 Å². The van der Waals surface area contributed by atoms with E-state index in [1.807, 2.05) is 0 Å². The van der Waals surface area contributed by atoms with Gasteiger partial charge in [-0.15, -0.1) is 0 Å². The van der Waals surface area contributed by atoms with Crippen molar-refractivity contribution >= 4 is 17.5 Å². The Morgan fingerprint density at radius 1 is 1.24 bits per heavy atom. The summed E-state index contributed by atoms with van der Waals surface area (Å²) in [5.74, 6) is -0.446. The van der Waals surface area contributed by atoms with Gasteiger partial charge in [-0.25, -0.2) is 0 Å². The number of carbonyl (C=O) groups is 2. The number of nitrogens with zero attached hydrogens (tertiary/aromatic N) is 2. The van der Waals surface area contributed by atoms with Gasteiger partial charge in [0.15, 0.2) is 0 Å². The maximum absolute atomic E-state index is 12.1. The highest BCUT2D eigenvalue weighted by Gasteiger charge is 2.25. The monoisotopic (exact) mass is 291 g/mol. The van der Waals surface area contributed by atoms with E-state index in [4.69, 9.17) is 4.74 Å². The van der Waals surface area contributed by atoms with E-state index in [-0.39, 0.29) is 0 Å². The van der Waals surface area contributed by atoms with Crippen LogP contribution in [0.5, 0.6) is 5.75 Å². The van der Waals surface area contributed by atoms with Gasteiger partial charge in [0, 0.05) is 37.9 Å². The van der Waals surface area contributed by atoms with Crippen molar-refractivity contribution in [3.63, 3.8) is 0 Å². The molecule has 0 aliphatic carbocycles. The van der Waals surface area contributed by atoms with Gasteiger partial charge in [0.05, 0.1) is 7.11 Å². The number of hydrogen-bond acceptors (Lipinski definition) is 4. The average molecular weight is 291 g/mol. The van der Waals surface area contributed by atoms with E-state index in [2.05, 4.69) is 17.1 Å². The van der Waals surface area contributed by atoms with Crippen molar-refractivity contribution in [2.24, 2.45) is 0 Å². The molecule has 1 aromatic rings. The standard InChI is InChI=1S/C15H21N3O3/c1-3-17-7-9-18(10-8-17)15(20)14(19)16-12-5-4-6-13(11-12)21-2/h4-6,11H,3,7-10H2,1-2H3,(H,16,19). The zero-order valence-electron chi connectivity index (χ0n) is 12.5. The quantitative estimate of drug-likeness (QED) is 0.837. The van der Waals surface area contributed by atoms with E-state index in [1.165, 1.54) is 0 Å². The van der Waals surface area contributed by atoms with Gasteiger partial charge in [-0.05, 0) is 18.7 Å². The van der Waals surface area contributed by atoms with E-state index in [9.17, 15) is 9.59 Å².